The van der Waals surface area contributed by atoms with E-state index in [0.29, 0.717) is 29.0 Å². The zero-order valence-corrected chi connectivity index (χ0v) is 17.6. The summed E-state index contributed by atoms with van der Waals surface area (Å²) in [5.41, 5.74) is 0.151. The van der Waals surface area contributed by atoms with E-state index in [9.17, 15) is 14.9 Å². The molecule has 3 aromatic rings. The number of benzene rings is 2. The minimum Gasteiger partial charge on any atom is -0.493 e. The molecule has 0 bridgehead atoms. The first-order chi connectivity index (χ1) is 15.0. The number of thioether (sulfide) groups is 1. The summed E-state index contributed by atoms with van der Waals surface area (Å²) in [6, 6.07) is 12.9. The summed E-state index contributed by atoms with van der Waals surface area (Å²) < 4.78 is 12.9. The number of nitrogens with zero attached hydrogens (tertiary/aromatic N) is 4. The fraction of sp³-hybridized carbons (Fsp3) is 0.190. The van der Waals surface area contributed by atoms with Gasteiger partial charge >= 0.3 is 0 Å². The van der Waals surface area contributed by atoms with Gasteiger partial charge < -0.3 is 9.47 Å². The maximum atomic E-state index is 12.5. The van der Waals surface area contributed by atoms with Gasteiger partial charge in [-0.2, -0.15) is 0 Å². The van der Waals surface area contributed by atoms with Crippen molar-refractivity contribution in [1.82, 2.24) is 14.8 Å². The Kier molecular flexibility index (Phi) is 7.39. The summed E-state index contributed by atoms with van der Waals surface area (Å²) in [4.78, 5) is 22.9. The van der Waals surface area contributed by atoms with Gasteiger partial charge in [0.15, 0.2) is 28.3 Å². The average Bonchev–Trinajstić information content (AvgIpc) is 3.18. The number of rotatable bonds is 11. The molecular formula is C21H20N4O5S. The van der Waals surface area contributed by atoms with Crippen LogP contribution in [0.5, 0.6) is 11.5 Å². The van der Waals surface area contributed by atoms with E-state index < -0.39 is 4.92 Å². The van der Waals surface area contributed by atoms with Crippen molar-refractivity contribution in [3.63, 3.8) is 0 Å². The van der Waals surface area contributed by atoms with E-state index in [1.807, 2.05) is 12.1 Å². The van der Waals surface area contributed by atoms with Crippen LogP contribution < -0.4 is 9.47 Å². The first-order valence-electron chi connectivity index (χ1n) is 9.22. The van der Waals surface area contributed by atoms with Gasteiger partial charge in [0.05, 0.1) is 17.8 Å². The topological polar surface area (TPSA) is 109 Å². The van der Waals surface area contributed by atoms with Gasteiger partial charge in [0, 0.05) is 24.2 Å². The number of allylic oxidation sites excluding steroid dienone is 1. The molecule has 9 nitrogen and oxygen atoms in total. The second kappa shape index (κ2) is 10.4. The van der Waals surface area contributed by atoms with Crippen LogP contribution in [0, 0.1) is 10.1 Å². The third-order valence-corrected chi connectivity index (χ3v) is 5.21. The van der Waals surface area contributed by atoms with Gasteiger partial charge in [0.1, 0.15) is 6.61 Å². The number of carbonyl (C=O) groups is 1. The molecule has 2 aromatic carbocycles. The highest BCUT2D eigenvalue weighted by Gasteiger charge is 2.17. The second-order valence-corrected chi connectivity index (χ2v) is 7.20. The fourth-order valence-electron chi connectivity index (χ4n) is 2.73. The van der Waals surface area contributed by atoms with Crippen molar-refractivity contribution in [2.45, 2.75) is 18.3 Å². The first kappa shape index (κ1) is 22.0. The van der Waals surface area contributed by atoms with E-state index in [-0.39, 0.29) is 29.4 Å². The van der Waals surface area contributed by atoms with Gasteiger partial charge in [0.25, 0.3) is 5.69 Å². The Morgan fingerprint density at radius 1 is 1.23 bits per heavy atom. The number of nitro groups is 1. The van der Waals surface area contributed by atoms with Gasteiger partial charge in [-0.25, -0.2) is 0 Å². The Morgan fingerprint density at radius 3 is 2.71 bits per heavy atom. The van der Waals surface area contributed by atoms with Crippen LogP contribution in [0.15, 0.2) is 66.3 Å². The molecule has 0 atom stereocenters. The standard InChI is InChI=1S/C21H20N4O5S/c1-3-11-24-20(13-30-19-10-5-4-9-18(19)29-2)22-23-21(24)31-14-17(26)15-7-6-8-16(12-15)25(27)28/h3-10,12H,1,11,13-14H2,2H3. The van der Waals surface area contributed by atoms with Crippen LogP contribution in [0.4, 0.5) is 5.69 Å². The molecule has 1 heterocycles. The molecule has 3 rings (SSSR count). The monoisotopic (exact) mass is 440 g/mol. The molecule has 10 heteroatoms. The van der Waals surface area contributed by atoms with Crippen molar-refractivity contribution in [2.75, 3.05) is 12.9 Å². The molecule has 1 aromatic heterocycles. The van der Waals surface area contributed by atoms with Crippen LogP contribution in [0.1, 0.15) is 16.2 Å². The molecule has 0 radical (unpaired) electrons. The van der Waals surface area contributed by atoms with Crippen molar-refractivity contribution in [2.24, 2.45) is 0 Å². The number of nitro benzene ring substituents is 1. The number of ketones is 1. The molecular weight excluding hydrogens is 420 g/mol. The van der Waals surface area contributed by atoms with Crippen molar-refractivity contribution < 1.29 is 19.2 Å². The number of ether oxygens (including phenoxy) is 2. The molecule has 0 saturated heterocycles. The van der Waals surface area contributed by atoms with Crippen molar-refractivity contribution in [1.29, 1.82) is 0 Å². The number of hydrogen-bond donors (Lipinski definition) is 0. The zero-order valence-electron chi connectivity index (χ0n) is 16.8. The lowest BCUT2D eigenvalue weighted by Crippen LogP contribution is -2.09. The highest BCUT2D eigenvalue weighted by atomic mass is 32.2. The fourth-order valence-corrected chi connectivity index (χ4v) is 3.59. The van der Waals surface area contributed by atoms with Crippen LogP contribution in [-0.2, 0) is 13.2 Å². The Balaban J connectivity index is 1.70. The van der Waals surface area contributed by atoms with Crippen LogP contribution in [0.25, 0.3) is 0 Å². The Labute approximate surface area is 182 Å². The van der Waals surface area contributed by atoms with Crippen molar-refractivity contribution in [3.8, 4) is 11.5 Å². The smallest absolute Gasteiger partial charge is 0.270 e. The van der Waals surface area contributed by atoms with E-state index in [1.165, 1.54) is 30.0 Å². The molecule has 0 amide bonds. The van der Waals surface area contributed by atoms with Gasteiger partial charge in [0.2, 0.25) is 0 Å². The van der Waals surface area contributed by atoms with Gasteiger partial charge in [-0.05, 0) is 12.1 Å². The van der Waals surface area contributed by atoms with Crippen LogP contribution >= 0.6 is 11.8 Å². The summed E-state index contributed by atoms with van der Waals surface area (Å²) in [6.07, 6.45) is 1.70. The number of hydrogen-bond acceptors (Lipinski definition) is 8. The third-order valence-electron chi connectivity index (χ3n) is 4.24. The zero-order chi connectivity index (χ0) is 22.2. The second-order valence-electron chi connectivity index (χ2n) is 6.26. The molecule has 31 heavy (non-hydrogen) atoms. The maximum absolute atomic E-state index is 12.5. The maximum Gasteiger partial charge on any atom is 0.270 e. The third kappa shape index (κ3) is 5.48. The first-order valence-corrected chi connectivity index (χ1v) is 10.2. The number of non-ortho nitro benzene ring substituents is 1. The van der Waals surface area contributed by atoms with Crippen molar-refractivity contribution >= 4 is 23.2 Å². The molecule has 0 aliphatic heterocycles. The van der Waals surface area contributed by atoms with Crippen LogP contribution in [-0.4, -0.2) is 38.3 Å². The Morgan fingerprint density at radius 2 is 2.00 bits per heavy atom. The van der Waals surface area contributed by atoms with E-state index in [2.05, 4.69) is 16.8 Å². The van der Waals surface area contributed by atoms with Crippen LogP contribution in [0.2, 0.25) is 0 Å². The molecule has 0 fully saturated rings. The lowest BCUT2D eigenvalue weighted by molar-refractivity contribution is -0.384. The Hall–Kier alpha value is -3.66. The molecule has 0 aliphatic carbocycles. The van der Waals surface area contributed by atoms with E-state index >= 15 is 0 Å². The number of aromatic nitrogens is 3. The number of methoxy groups -OCH3 is 1. The van der Waals surface area contributed by atoms with Gasteiger partial charge in [-0.3, -0.25) is 19.5 Å². The SMILES string of the molecule is C=CCn1c(COc2ccccc2OC)nnc1SCC(=O)c1cccc([N+](=O)[O-])c1. The van der Waals surface area contributed by atoms with Crippen LogP contribution in [0.3, 0.4) is 0 Å². The largest absolute Gasteiger partial charge is 0.493 e. The van der Waals surface area contributed by atoms with Crippen molar-refractivity contribution in [3.05, 3.63) is 82.7 Å². The predicted octanol–water partition coefficient (Wildman–Crippen LogP) is 3.93. The van der Waals surface area contributed by atoms with E-state index in [0.717, 1.165) is 0 Å². The number of para-hydroxylation sites is 2. The summed E-state index contributed by atoms with van der Waals surface area (Å²) in [5, 5.41) is 19.8. The average molecular weight is 440 g/mol. The Bertz CT molecular complexity index is 1100. The lowest BCUT2D eigenvalue weighted by Gasteiger charge is -2.11. The van der Waals surface area contributed by atoms with Gasteiger partial charge in [-0.1, -0.05) is 42.1 Å². The summed E-state index contributed by atoms with van der Waals surface area (Å²) in [5.74, 6) is 1.57. The molecule has 0 saturated carbocycles. The normalized spacial score (nSPS) is 10.5. The molecule has 0 aliphatic rings. The minimum absolute atomic E-state index is 0.0593. The summed E-state index contributed by atoms with van der Waals surface area (Å²) in [7, 11) is 1.56. The number of carbonyl (C=O) groups excluding carboxylic acids is 1. The molecule has 0 spiro atoms. The minimum atomic E-state index is -0.529. The quantitative estimate of drug-likeness (QED) is 0.145. The molecule has 160 valence electrons. The lowest BCUT2D eigenvalue weighted by atomic mass is 10.1. The van der Waals surface area contributed by atoms with E-state index in [4.69, 9.17) is 9.47 Å². The summed E-state index contributed by atoms with van der Waals surface area (Å²) >= 11 is 1.20. The summed E-state index contributed by atoms with van der Waals surface area (Å²) in [6.45, 7) is 4.34. The predicted molar refractivity (Wildman–Crippen MR) is 116 cm³/mol. The molecule has 0 N–H and O–H groups in total. The highest BCUT2D eigenvalue weighted by Crippen LogP contribution is 2.27. The van der Waals surface area contributed by atoms with Gasteiger partial charge in [-0.15, -0.1) is 16.8 Å². The van der Waals surface area contributed by atoms with E-state index in [1.54, 1.807) is 36.0 Å². The molecule has 0 unspecified atom stereocenters. The number of Topliss-reactive ketones (excluding diaryl/α,β-unsaturated/α-hetero) is 1. The highest BCUT2D eigenvalue weighted by molar-refractivity contribution is 7.99.